The van der Waals surface area contributed by atoms with Crippen molar-refractivity contribution in [2.75, 3.05) is 0 Å². The van der Waals surface area contributed by atoms with E-state index in [4.69, 9.17) is 4.74 Å². The Balaban J connectivity index is 1.36. The van der Waals surface area contributed by atoms with Crippen molar-refractivity contribution in [2.24, 2.45) is 40.4 Å². The number of allylic oxidation sites excluding steroid dienone is 3. The van der Waals surface area contributed by atoms with Crippen molar-refractivity contribution in [1.82, 2.24) is 0 Å². The van der Waals surface area contributed by atoms with E-state index in [2.05, 4.69) is 46.8 Å². The molecule has 0 radical (unpaired) electrons. The smallest absolute Gasteiger partial charge is 0.196 e. The standard InChI is InChI=1S/C27H42O2/c1-17(2)7-6-8-18(3)21-11-12-22-20-10-9-19-15-27(28)24(29-27)16-26(19,5)23(20)13-14-25(21,22)4/h9-10,17-18,21-24,28H,6-8,11-16H2,1-5H3/t18-,21-,22+,23+,24+,25-,26+,27+/m1/s1. The molecule has 2 nitrogen and oxygen atoms in total. The lowest BCUT2D eigenvalue weighted by atomic mass is 9.50. The Kier molecular flexibility index (Phi) is 4.69. The van der Waals surface area contributed by atoms with Gasteiger partial charge in [0, 0.05) is 6.42 Å². The van der Waals surface area contributed by atoms with Gasteiger partial charge in [-0.1, -0.05) is 77.2 Å². The molecule has 1 heterocycles. The molecule has 0 aromatic carbocycles. The van der Waals surface area contributed by atoms with Crippen molar-refractivity contribution < 1.29 is 9.84 Å². The quantitative estimate of drug-likeness (QED) is 0.526. The van der Waals surface area contributed by atoms with Crippen LogP contribution in [0.15, 0.2) is 23.3 Å². The van der Waals surface area contributed by atoms with Crippen LogP contribution >= 0.6 is 0 Å². The van der Waals surface area contributed by atoms with Gasteiger partial charge in [-0.15, -0.1) is 0 Å². The third-order valence-corrected chi connectivity index (χ3v) is 10.1. The van der Waals surface area contributed by atoms with Crippen molar-refractivity contribution in [2.45, 2.75) is 104 Å². The number of hydrogen-bond donors (Lipinski definition) is 1. The summed E-state index contributed by atoms with van der Waals surface area (Å²) in [4.78, 5) is 0. The molecule has 2 heteroatoms. The molecule has 29 heavy (non-hydrogen) atoms. The molecule has 1 aliphatic heterocycles. The van der Waals surface area contributed by atoms with E-state index in [0.717, 1.165) is 36.5 Å². The molecular weight excluding hydrogens is 356 g/mol. The molecule has 162 valence electrons. The SMILES string of the molecule is CC(C)CCC[C@@H](C)[C@H]1CC[C@H]2C3=CC=C4C[C@]5(O)O[C@H]5C[C@]4(C)[C@H]3CC[C@]12C. The van der Waals surface area contributed by atoms with Crippen LogP contribution in [0.25, 0.3) is 0 Å². The number of epoxide rings is 1. The zero-order chi connectivity index (χ0) is 20.6. The lowest BCUT2D eigenvalue weighted by molar-refractivity contribution is 0.0162. The molecule has 0 bridgehead atoms. The van der Waals surface area contributed by atoms with Gasteiger partial charge in [-0.05, 0) is 72.5 Å². The maximum atomic E-state index is 10.5. The summed E-state index contributed by atoms with van der Waals surface area (Å²) in [7, 11) is 0. The molecule has 3 saturated carbocycles. The summed E-state index contributed by atoms with van der Waals surface area (Å²) < 4.78 is 5.70. The van der Waals surface area contributed by atoms with Gasteiger partial charge in [0.2, 0.25) is 0 Å². The van der Waals surface area contributed by atoms with Crippen molar-refractivity contribution in [3.05, 3.63) is 23.3 Å². The summed E-state index contributed by atoms with van der Waals surface area (Å²) in [6.45, 7) is 12.4. The fraction of sp³-hybridized carbons (Fsp3) is 0.852. The van der Waals surface area contributed by atoms with E-state index in [1.807, 2.05) is 0 Å². The maximum absolute atomic E-state index is 10.5. The Morgan fingerprint density at radius 2 is 1.86 bits per heavy atom. The van der Waals surface area contributed by atoms with E-state index in [1.54, 1.807) is 5.57 Å². The minimum Gasteiger partial charge on any atom is -0.363 e. The van der Waals surface area contributed by atoms with Gasteiger partial charge in [0.25, 0.3) is 0 Å². The third kappa shape index (κ3) is 3.03. The lowest BCUT2D eigenvalue weighted by Crippen LogP contribution is -2.47. The minimum absolute atomic E-state index is 0.0783. The van der Waals surface area contributed by atoms with Crippen molar-refractivity contribution in [1.29, 1.82) is 0 Å². The van der Waals surface area contributed by atoms with Crippen molar-refractivity contribution in [3.63, 3.8) is 0 Å². The summed E-state index contributed by atoms with van der Waals surface area (Å²) in [6, 6.07) is 0. The van der Waals surface area contributed by atoms with Crippen LogP contribution < -0.4 is 0 Å². The fourth-order valence-corrected chi connectivity index (χ4v) is 8.31. The first-order chi connectivity index (χ1) is 13.7. The number of fused-ring (bicyclic) bond motifs is 6. The van der Waals surface area contributed by atoms with Gasteiger partial charge in [0.15, 0.2) is 5.79 Å². The molecule has 0 unspecified atom stereocenters. The highest BCUT2D eigenvalue weighted by Crippen LogP contribution is 2.68. The predicted molar refractivity (Wildman–Crippen MR) is 118 cm³/mol. The van der Waals surface area contributed by atoms with Gasteiger partial charge in [0.05, 0.1) is 0 Å². The van der Waals surface area contributed by atoms with Gasteiger partial charge in [-0.3, -0.25) is 0 Å². The van der Waals surface area contributed by atoms with E-state index in [-0.39, 0.29) is 11.5 Å². The fourth-order valence-electron chi connectivity index (χ4n) is 8.31. The minimum atomic E-state index is -0.830. The van der Waals surface area contributed by atoms with E-state index in [9.17, 15) is 5.11 Å². The number of aliphatic hydroxyl groups is 1. The highest BCUT2D eigenvalue weighted by molar-refractivity contribution is 5.40. The average Bonchev–Trinajstić information content (AvgIpc) is 3.14. The molecule has 1 N–H and O–H groups in total. The predicted octanol–water partition coefficient (Wildman–Crippen LogP) is 6.65. The molecule has 8 atom stereocenters. The number of ether oxygens (including phenoxy) is 1. The summed E-state index contributed by atoms with van der Waals surface area (Å²) in [6.07, 6.45) is 16.4. The van der Waals surface area contributed by atoms with Crippen LogP contribution in [0.5, 0.6) is 0 Å². The van der Waals surface area contributed by atoms with Crippen LogP contribution in [-0.4, -0.2) is 17.0 Å². The molecule has 0 spiro atoms. The van der Waals surface area contributed by atoms with Gasteiger partial charge >= 0.3 is 0 Å². The second kappa shape index (κ2) is 6.70. The zero-order valence-corrected chi connectivity index (χ0v) is 19.3. The molecule has 1 saturated heterocycles. The zero-order valence-electron chi connectivity index (χ0n) is 19.3. The van der Waals surface area contributed by atoms with Crippen LogP contribution in [0, 0.1) is 40.4 Å². The Bertz CT molecular complexity index is 735. The topological polar surface area (TPSA) is 32.8 Å². The first-order valence-corrected chi connectivity index (χ1v) is 12.5. The Morgan fingerprint density at radius 1 is 1.07 bits per heavy atom. The monoisotopic (exact) mass is 398 g/mol. The lowest BCUT2D eigenvalue weighted by Gasteiger charge is -2.54. The van der Waals surface area contributed by atoms with Crippen LogP contribution in [0.4, 0.5) is 0 Å². The van der Waals surface area contributed by atoms with Crippen LogP contribution in [-0.2, 0) is 4.74 Å². The Morgan fingerprint density at radius 3 is 2.62 bits per heavy atom. The van der Waals surface area contributed by atoms with Crippen molar-refractivity contribution >= 4 is 0 Å². The van der Waals surface area contributed by atoms with E-state index >= 15 is 0 Å². The molecule has 0 aromatic heterocycles. The number of rotatable bonds is 5. The first kappa shape index (κ1) is 20.3. The van der Waals surface area contributed by atoms with Crippen LogP contribution in [0.2, 0.25) is 0 Å². The molecule has 5 rings (SSSR count). The number of hydrogen-bond acceptors (Lipinski definition) is 2. The highest BCUT2D eigenvalue weighted by Gasteiger charge is 2.66. The van der Waals surface area contributed by atoms with Crippen LogP contribution in [0.1, 0.15) is 92.4 Å². The second-order valence-corrected chi connectivity index (χ2v) is 12.2. The van der Waals surface area contributed by atoms with Gasteiger partial charge in [-0.2, -0.15) is 0 Å². The molecule has 4 fully saturated rings. The van der Waals surface area contributed by atoms with Gasteiger partial charge in [0.1, 0.15) is 6.10 Å². The Labute approximate surface area is 178 Å². The maximum Gasteiger partial charge on any atom is 0.196 e. The summed E-state index contributed by atoms with van der Waals surface area (Å²) >= 11 is 0. The van der Waals surface area contributed by atoms with E-state index in [1.165, 1.54) is 50.5 Å². The molecular formula is C27H42O2. The largest absolute Gasteiger partial charge is 0.363 e. The third-order valence-electron chi connectivity index (χ3n) is 10.1. The summed E-state index contributed by atoms with van der Waals surface area (Å²) in [5, 5.41) is 10.5. The normalized spacial score (nSPS) is 48.8. The second-order valence-electron chi connectivity index (χ2n) is 12.2. The van der Waals surface area contributed by atoms with Gasteiger partial charge in [-0.25, -0.2) is 0 Å². The molecule has 4 aliphatic carbocycles. The van der Waals surface area contributed by atoms with E-state index < -0.39 is 5.79 Å². The molecule has 5 aliphatic rings. The van der Waals surface area contributed by atoms with Gasteiger partial charge < -0.3 is 9.84 Å². The summed E-state index contributed by atoms with van der Waals surface area (Å²) in [5.41, 5.74) is 3.91. The average molecular weight is 399 g/mol. The van der Waals surface area contributed by atoms with Crippen LogP contribution in [0.3, 0.4) is 0 Å². The first-order valence-electron chi connectivity index (χ1n) is 12.5. The van der Waals surface area contributed by atoms with E-state index in [0.29, 0.717) is 11.3 Å². The Hall–Kier alpha value is -0.600. The highest BCUT2D eigenvalue weighted by atomic mass is 16.7. The molecule has 0 amide bonds. The summed E-state index contributed by atoms with van der Waals surface area (Å²) in [5.74, 6) is 3.20. The van der Waals surface area contributed by atoms with Crippen molar-refractivity contribution in [3.8, 4) is 0 Å². The molecule has 0 aromatic rings.